The van der Waals surface area contributed by atoms with E-state index in [-0.39, 0.29) is 11.1 Å². The van der Waals surface area contributed by atoms with Crippen LogP contribution in [0.5, 0.6) is 0 Å². The first kappa shape index (κ1) is 11.7. The van der Waals surface area contributed by atoms with Crippen molar-refractivity contribution in [2.45, 2.75) is 0 Å². The van der Waals surface area contributed by atoms with E-state index < -0.39 is 16.9 Å². The molecule has 0 unspecified atom stereocenters. The molecule has 86 valence electrons. The smallest absolute Gasteiger partial charge is 0.255 e. The summed E-state index contributed by atoms with van der Waals surface area (Å²) in [5.74, 6) is -1.21. The van der Waals surface area contributed by atoms with Gasteiger partial charge in [-0.25, -0.2) is 8.78 Å². The van der Waals surface area contributed by atoms with Crippen molar-refractivity contribution in [2.75, 3.05) is 0 Å². The minimum absolute atomic E-state index is 0.216. The molecule has 0 aliphatic rings. The molecule has 0 amide bonds. The lowest BCUT2D eigenvalue weighted by Crippen LogP contribution is -1.95. The van der Waals surface area contributed by atoms with E-state index in [0.717, 1.165) is 6.07 Å². The summed E-state index contributed by atoms with van der Waals surface area (Å²) >= 11 is 5.19. The molecule has 0 fully saturated rings. The van der Waals surface area contributed by atoms with Crippen molar-refractivity contribution < 1.29 is 13.6 Å². The molecular weight excluding hydrogens is 246 g/mol. The van der Waals surface area contributed by atoms with Gasteiger partial charge in [-0.05, 0) is 35.4 Å². The van der Waals surface area contributed by atoms with Crippen LogP contribution in [-0.4, -0.2) is 5.24 Å². The summed E-state index contributed by atoms with van der Waals surface area (Å²) in [5.41, 5.74) is 0.425. The van der Waals surface area contributed by atoms with Crippen molar-refractivity contribution in [3.05, 3.63) is 59.7 Å². The Morgan fingerprint density at radius 3 is 2.29 bits per heavy atom. The summed E-state index contributed by atoms with van der Waals surface area (Å²) in [5, 5.41) is -0.873. The highest BCUT2D eigenvalue weighted by Crippen LogP contribution is 2.24. The van der Waals surface area contributed by atoms with E-state index in [1.165, 1.54) is 24.3 Å². The van der Waals surface area contributed by atoms with Gasteiger partial charge in [0.1, 0.15) is 11.6 Å². The Labute approximate surface area is 102 Å². The molecule has 0 saturated heterocycles. The quantitative estimate of drug-likeness (QED) is 0.738. The predicted octanol–water partition coefficient (Wildman–Crippen LogP) is 4.01. The molecule has 2 aromatic rings. The summed E-state index contributed by atoms with van der Waals surface area (Å²) in [6, 6.07) is 9.81. The lowest BCUT2D eigenvalue weighted by atomic mass is 10.0. The van der Waals surface area contributed by atoms with Gasteiger partial charge in [0.2, 0.25) is 0 Å². The van der Waals surface area contributed by atoms with Gasteiger partial charge in [-0.3, -0.25) is 4.79 Å². The van der Waals surface area contributed by atoms with Crippen LogP contribution in [0.3, 0.4) is 0 Å². The zero-order valence-corrected chi connectivity index (χ0v) is 9.34. The highest BCUT2D eigenvalue weighted by Gasteiger charge is 2.11. The summed E-state index contributed by atoms with van der Waals surface area (Å²) in [4.78, 5) is 10.8. The summed E-state index contributed by atoms with van der Waals surface area (Å²) in [6.45, 7) is 0. The standard InChI is InChI=1S/C13H7ClF2O/c14-13(17)10-6-5-8(7-12(10)16)9-3-1-2-4-11(9)15/h1-7H. The molecule has 2 aromatic carbocycles. The minimum Gasteiger partial charge on any atom is -0.275 e. The average Bonchev–Trinajstić information content (AvgIpc) is 2.29. The van der Waals surface area contributed by atoms with Crippen LogP contribution in [0.2, 0.25) is 0 Å². The van der Waals surface area contributed by atoms with Crippen molar-refractivity contribution in [1.29, 1.82) is 0 Å². The first-order valence-corrected chi connectivity index (χ1v) is 5.21. The molecule has 4 heteroatoms. The third kappa shape index (κ3) is 2.34. The van der Waals surface area contributed by atoms with E-state index >= 15 is 0 Å². The zero-order valence-electron chi connectivity index (χ0n) is 8.58. The van der Waals surface area contributed by atoms with Gasteiger partial charge < -0.3 is 0 Å². The Hall–Kier alpha value is -1.74. The fraction of sp³-hybridized carbons (Fsp3) is 0. The van der Waals surface area contributed by atoms with Crippen LogP contribution in [0, 0.1) is 11.6 Å². The largest absolute Gasteiger partial charge is 0.275 e. The molecule has 0 spiro atoms. The number of hydrogen-bond donors (Lipinski definition) is 0. The van der Waals surface area contributed by atoms with Crippen LogP contribution < -0.4 is 0 Å². The zero-order chi connectivity index (χ0) is 12.4. The van der Waals surface area contributed by atoms with Gasteiger partial charge in [-0.15, -0.1) is 0 Å². The molecule has 0 aliphatic carbocycles. The highest BCUT2D eigenvalue weighted by molar-refractivity contribution is 6.67. The van der Waals surface area contributed by atoms with Crippen molar-refractivity contribution in [3.63, 3.8) is 0 Å². The van der Waals surface area contributed by atoms with Gasteiger partial charge in [0, 0.05) is 5.56 Å². The molecule has 0 atom stereocenters. The third-order valence-electron chi connectivity index (χ3n) is 2.37. The number of carbonyl (C=O) groups excluding carboxylic acids is 1. The van der Waals surface area contributed by atoms with Gasteiger partial charge in [-0.2, -0.15) is 0 Å². The number of hydrogen-bond acceptors (Lipinski definition) is 1. The van der Waals surface area contributed by atoms with Crippen molar-refractivity contribution in [1.82, 2.24) is 0 Å². The second-order valence-electron chi connectivity index (χ2n) is 3.45. The summed E-state index contributed by atoms with van der Waals surface area (Å²) < 4.78 is 26.9. The number of rotatable bonds is 2. The lowest BCUT2D eigenvalue weighted by Gasteiger charge is -2.04. The van der Waals surface area contributed by atoms with E-state index in [0.29, 0.717) is 5.56 Å². The predicted molar refractivity (Wildman–Crippen MR) is 62.0 cm³/mol. The Morgan fingerprint density at radius 1 is 1.00 bits per heavy atom. The van der Waals surface area contributed by atoms with Crippen LogP contribution in [0.25, 0.3) is 11.1 Å². The monoisotopic (exact) mass is 252 g/mol. The van der Waals surface area contributed by atoms with E-state index in [2.05, 4.69) is 0 Å². The number of halogens is 3. The molecule has 0 aliphatic heterocycles. The second-order valence-corrected chi connectivity index (χ2v) is 3.79. The van der Waals surface area contributed by atoms with Gasteiger partial charge in [0.15, 0.2) is 0 Å². The average molecular weight is 253 g/mol. The Morgan fingerprint density at radius 2 is 1.71 bits per heavy atom. The molecule has 0 saturated carbocycles. The van der Waals surface area contributed by atoms with Crippen molar-refractivity contribution in [2.24, 2.45) is 0 Å². The molecule has 0 N–H and O–H groups in total. The highest BCUT2D eigenvalue weighted by atomic mass is 35.5. The molecule has 0 bridgehead atoms. The van der Waals surface area contributed by atoms with Crippen molar-refractivity contribution >= 4 is 16.8 Å². The van der Waals surface area contributed by atoms with E-state index in [1.54, 1.807) is 12.1 Å². The van der Waals surface area contributed by atoms with Crippen LogP contribution in [-0.2, 0) is 0 Å². The normalized spacial score (nSPS) is 10.3. The van der Waals surface area contributed by atoms with Gasteiger partial charge >= 0.3 is 0 Å². The van der Waals surface area contributed by atoms with Gasteiger partial charge in [-0.1, -0.05) is 24.3 Å². The van der Waals surface area contributed by atoms with Crippen LogP contribution >= 0.6 is 11.6 Å². The van der Waals surface area contributed by atoms with E-state index in [9.17, 15) is 13.6 Å². The molecule has 0 radical (unpaired) electrons. The topological polar surface area (TPSA) is 17.1 Å². The van der Waals surface area contributed by atoms with Gasteiger partial charge in [0.25, 0.3) is 5.24 Å². The summed E-state index contributed by atoms with van der Waals surface area (Å²) in [6.07, 6.45) is 0. The Kier molecular flexibility index (Phi) is 3.20. The third-order valence-corrected chi connectivity index (χ3v) is 2.57. The molecule has 1 nitrogen and oxygen atoms in total. The number of carbonyl (C=O) groups is 1. The molecule has 17 heavy (non-hydrogen) atoms. The second kappa shape index (κ2) is 4.63. The maximum Gasteiger partial charge on any atom is 0.255 e. The number of benzene rings is 2. The minimum atomic E-state index is -0.873. The van der Waals surface area contributed by atoms with Crippen LogP contribution in [0.15, 0.2) is 42.5 Å². The van der Waals surface area contributed by atoms with Crippen LogP contribution in [0.1, 0.15) is 10.4 Å². The molecular formula is C13H7ClF2O. The van der Waals surface area contributed by atoms with E-state index in [4.69, 9.17) is 11.6 Å². The molecule has 0 aromatic heterocycles. The fourth-order valence-electron chi connectivity index (χ4n) is 1.54. The first-order valence-electron chi connectivity index (χ1n) is 4.84. The fourth-order valence-corrected chi connectivity index (χ4v) is 1.69. The van der Waals surface area contributed by atoms with Gasteiger partial charge in [0.05, 0.1) is 5.56 Å². The lowest BCUT2D eigenvalue weighted by molar-refractivity contribution is 0.107. The maximum absolute atomic E-state index is 13.5. The first-order chi connectivity index (χ1) is 8.09. The Bertz CT molecular complexity index is 581. The molecule has 2 rings (SSSR count). The molecule has 0 heterocycles. The Balaban J connectivity index is 2.52. The van der Waals surface area contributed by atoms with Crippen LogP contribution in [0.4, 0.5) is 8.78 Å². The summed E-state index contributed by atoms with van der Waals surface area (Å²) in [7, 11) is 0. The SMILES string of the molecule is O=C(Cl)c1ccc(-c2ccccc2F)cc1F. The maximum atomic E-state index is 13.5. The van der Waals surface area contributed by atoms with E-state index in [1.807, 2.05) is 0 Å². The van der Waals surface area contributed by atoms with Crippen molar-refractivity contribution in [3.8, 4) is 11.1 Å².